The molecule has 2 nitrogen and oxygen atoms in total. The maximum absolute atomic E-state index is 5.44. The van der Waals surface area contributed by atoms with Gasteiger partial charge in [-0.2, -0.15) is 0 Å². The van der Waals surface area contributed by atoms with Crippen LogP contribution in [0.3, 0.4) is 0 Å². The molecule has 18 heavy (non-hydrogen) atoms. The second kappa shape index (κ2) is 5.70. The lowest BCUT2D eigenvalue weighted by Gasteiger charge is -2.26. The van der Waals surface area contributed by atoms with E-state index in [1.807, 2.05) is 20.8 Å². The van der Waals surface area contributed by atoms with Crippen LogP contribution in [0.15, 0.2) is 12.1 Å². The lowest BCUT2D eigenvalue weighted by molar-refractivity contribution is 0.405. The first-order valence-electron chi connectivity index (χ1n) is 6.73. The van der Waals surface area contributed by atoms with Gasteiger partial charge in [0.05, 0.1) is 16.8 Å². The summed E-state index contributed by atoms with van der Waals surface area (Å²) in [6, 6.07) is 4.47. The van der Waals surface area contributed by atoms with Crippen molar-refractivity contribution in [3.63, 3.8) is 0 Å². The van der Waals surface area contributed by atoms with Gasteiger partial charge in [0.15, 0.2) is 0 Å². The summed E-state index contributed by atoms with van der Waals surface area (Å²) in [6.45, 7) is 6.05. The molecule has 0 aliphatic heterocycles. The summed E-state index contributed by atoms with van der Waals surface area (Å²) in [5.74, 6) is 1.68. The van der Waals surface area contributed by atoms with E-state index in [0.717, 1.165) is 22.2 Å². The third-order valence-electron chi connectivity index (χ3n) is 3.39. The van der Waals surface area contributed by atoms with E-state index in [2.05, 4.69) is 17.1 Å². The van der Waals surface area contributed by atoms with Gasteiger partial charge >= 0.3 is 0 Å². The number of aromatic nitrogens is 1. The van der Waals surface area contributed by atoms with Gasteiger partial charge in [-0.05, 0) is 43.4 Å². The largest absolute Gasteiger partial charge is 0.494 e. The monoisotopic (exact) mass is 263 g/mol. The highest BCUT2D eigenvalue weighted by Gasteiger charge is 2.21. The minimum Gasteiger partial charge on any atom is -0.494 e. The van der Waals surface area contributed by atoms with Crippen molar-refractivity contribution in [3.8, 4) is 5.75 Å². The molecule has 1 saturated carbocycles. The maximum atomic E-state index is 5.44. The van der Waals surface area contributed by atoms with E-state index in [9.17, 15) is 0 Å². The van der Waals surface area contributed by atoms with Crippen LogP contribution in [0, 0.1) is 6.92 Å². The van der Waals surface area contributed by atoms with E-state index in [4.69, 9.17) is 4.74 Å². The Hall–Kier alpha value is -1.09. The molecular formula is C15H21NOS. The minimum atomic E-state index is 0.751. The number of thiazole rings is 1. The maximum Gasteiger partial charge on any atom is 0.146 e. The Labute approximate surface area is 113 Å². The van der Waals surface area contributed by atoms with Gasteiger partial charge in [-0.25, -0.2) is 4.98 Å². The van der Waals surface area contributed by atoms with Crippen LogP contribution >= 0.6 is 11.3 Å². The quantitative estimate of drug-likeness (QED) is 0.768. The molecule has 0 N–H and O–H groups in total. The SMILES string of the molecule is CC.COc1cc(C2CCC2)cc2sc(C)nc12. The van der Waals surface area contributed by atoms with Crippen LogP contribution in [0.4, 0.5) is 0 Å². The molecule has 3 rings (SSSR count). The Morgan fingerprint density at radius 3 is 2.56 bits per heavy atom. The van der Waals surface area contributed by atoms with Gasteiger partial charge < -0.3 is 4.74 Å². The highest BCUT2D eigenvalue weighted by atomic mass is 32.1. The van der Waals surface area contributed by atoms with Crippen molar-refractivity contribution in [1.82, 2.24) is 4.98 Å². The van der Waals surface area contributed by atoms with E-state index in [0.29, 0.717) is 0 Å². The summed E-state index contributed by atoms with van der Waals surface area (Å²) in [4.78, 5) is 4.52. The Morgan fingerprint density at radius 1 is 1.28 bits per heavy atom. The first kappa shape index (κ1) is 13.3. The van der Waals surface area contributed by atoms with Crippen LogP contribution in [0.5, 0.6) is 5.75 Å². The topological polar surface area (TPSA) is 22.1 Å². The van der Waals surface area contributed by atoms with Crippen molar-refractivity contribution in [2.24, 2.45) is 0 Å². The van der Waals surface area contributed by atoms with E-state index in [1.165, 1.54) is 29.5 Å². The normalized spacial score (nSPS) is 14.9. The third-order valence-corrected chi connectivity index (χ3v) is 4.30. The average molecular weight is 263 g/mol. The van der Waals surface area contributed by atoms with E-state index >= 15 is 0 Å². The number of rotatable bonds is 2. The Morgan fingerprint density at radius 2 is 2.00 bits per heavy atom. The first-order chi connectivity index (χ1) is 8.78. The number of nitrogens with zero attached hydrogens (tertiary/aromatic N) is 1. The zero-order chi connectivity index (χ0) is 13.1. The number of aryl methyl sites for hydroxylation is 1. The Balaban J connectivity index is 0.000000574. The zero-order valence-electron chi connectivity index (χ0n) is 11.6. The number of fused-ring (bicyclic) bond motifs is 1. The molecule has 0 saturated heterocycles. The molecule has 3 heteroatoms. The molecule has 98 valence electrons. The van der Waals surface area contributed by atoms with Crippen molar-refractivity contribution in [2.75, 3.05) is 7.11 Å². The molecule has 1 aliphatic rings. The van der Waals surface area contributed by atoms with E-state index < -0.39 is 0 Å². The van der Waals surface area contributed by atoms with Gasteiger partial charge in [0, 0.05) is 0 Å². The number of ether oxygens (including phenoxy) is 1. The molecule has 2 aromatic rings. The Bertz CT molecular complexity index is 529. The third kappa shape index (κ3) is 2.37. The van der Waals surface area contributed by atoms with Crippen LogP contribution in [0.1, 0.15) is 49.6 Å². The fourth-order valence-electron chi connectivity index (χ4n) is 2.26. The van der Waals surface area contributed by atoms with Crippen LogP contribution < -0.4 is 4.74 Å². The fraction of sp³-hybridized carbons (Fsp3) is 0.533. The van der Waals surface area contributed by atoms with Crippen LogP contribution in [-0.2, 0) is 0 Å². The summed E-state index contributed by atoms with van der Waals surface area (Å²) in [5, 5.41) is 1.11. The summed E-state index contributed by atoms with van der Waals surface area (Å²) >= 11 is 1.76. The van der Waals surface area contributed by atoms with Gasteiger partial charge in [-0.15, -0.1) is 11.3 Å². The van der Waals surface area contributed by atoms with Gasteiger partial charge in [0.1, 0.15) is 11.3 Å². The summed E-state index contributed by atoms with van der Waals surface area (Å²) in [6.07, 6.45) is 4.02. The lowest BCUT2D eigenvalue weighted by Crippen LogP contribution is -2.08. The molecule has 0 radical (unpaired) electrons. The fourth-order valence-corrected chi connectivity index (χ4v) is 3.16. The predicted octanol–water partition coefficient (Wildman–Crippen LogP) is 4.91. The smallest absolute Gasteiger partial charge is 0.146 e. The van der Waals surface area contributed by atoms with Gasteiger partial charge in [0.2, 0.25) is 0 Å². The standard InChI is InChI=1S/C13H15NOS.C2H6/c1-8-14-13-11(15-2)6-10(7-12(13)16-8)9-4-3-5-9;1-2/h6-7,9H,3-5H2,1-2H3;1-2H3. The summed E-state index contributed by atoms with van der Waals surface area (Å²) < 4.78 is 6.71. The highest BCUT2D eigenvalue weighted by molar-refractivity contribution is 7.18. The molecule has 0 unspecified atom stereocenters. The van der Waals surface area contributed by atoms with Gasteiger partial charge in [-0.1, -0.05) is 20.3 Å². The van der Waals surface area contributed by atoms with Crippen molar-refractivity contribution in [1.29, 1.82) is 0 Å². The van der Waals surface area contributed by atoms with Gasteiger partial charge in [0.25, 0.3) is 0 Å². The lowest BCUT2D eigenvalue weighted by atomic mass is 9.80. The molecule has 1 heterocycles. The van der Waals surface area contributed by atoms with E-state index in [1.54, 1.807) is 18.4 Å². The number of methoxy groups -OCH3 is 1. The van der Waals surface area contributed by atoms with Crippen LogP contribution in [0.2, 0.25) is 0 Å². The highest BCUT2D eigenvalue weighted by Crippen LogP contribution is 2.41. The number of benzene rings is 1. The molecular weight excluding hydrogens is 242 g/mol. The molecule has 0 spiro atoms. The van der Waals surface area contributed by atoms with Crippen LogP contribution in [0.25, 0.3) is 10.2 Å². The van der Waals surface area contributed by atoms with Crippen molar-refractivity contribution < 1.29 is 4.74 Å². The first-order valence-corrected chi connectivity index (χ1v) is 7.54. The molecule has 0 atom stereocenters. The zero-order valence-corrected chi connectivity index (χ0v) is 12.4. The predicted molar refractivity (Wildman–Crippen MR) is 78.8 cm³/mol. The minimum absolute atomic E-state index is 0.751. The molecule has 0 bridgehead atoms. The van der Waals surface area contributed by atoms with Crippen molar-refractivity contribution in [2.45, 2.75) is 46.0 Å². The van der Waals surface area contributed by atoms with Crippen molar-refractivity contribution in [3.05, 3.63) is 22.7 Å². The molecule has 1 aromatic carbocycles. The second-order valence-electron chi connectivity index (χ2n) is 4.43. The van der Waals surface area contributed by atoms with E-state index in [-0.39, 0.29) is 0 Å². The molecule has 1 aliphatic carbocycles. The molecule has 0 amide bonds. The number of hydrogen-bond acceptors (Lipinski definition) is 3. The number of hydrogen-bond donors (Lipinski definition) is 0. The summed E-state index contributed by atoms with van der Waals surface area (Å²) in [7, 11) is 1.73. The molecule has 1 aromatic heterocycles. The van der Waals surface area contributed by atoms with Gasteiger partial charge in [-0.3, -0.25) is 0 Å². The second-order valence-corrected chi connectivity index (χ2v) is 5.67. The van der Waals surface area contributed by atoms with Crippen molar-refractivity contribution >= 4 is 21.6 Å². The molecule has 1 fully saturated rings. The van der Waals surface area contributed by atoms with Crippen LogP contribution in [-0.4, -0.2) is 12.1 Å². The summed E-state index contributed by atoms with van der Waals surface area (Å²) in [5.41, 5.74) is 2.45. The average Bonchev–Trinajstić information content (AvgIpc) is 2.69. The Kier molecular flexibility index (Phi) is 4.23.